The molecule has 0 aliphatic carbocycles. The molecule has 6 nitrogen and oxygen atoms in total. The summed E-state index contributed by atoms with van der Waals surface area (Å²) in [5, 5.41) is 5.90. The first-order chi connectivity index (χ1) is 10.6. The van der Waals surface area contributed by atoms with E-state index < -0.39 is 6.09 Å². The molecule has 0 bridgehead atoms. The molecule has 0 atom stereocenters. The van der Waals surface area contributed by atoms with Gasteiger partial charge in [-0.1, -0.05) is 19.1 Å². The molecular formula is C16H20N4O2. The highest BCUT2D eigenvalue weighted by Crippen LogP contribution is 2.16. The summed E-state index contributed by atoms with van der Waals surface area (Å²) in [6.45, 7) is 4.38. The summed E-state index contributed by atoms with van der Waals surface area (Å²) in [4.78, 5) is 19.8. The van der Waals surface area contributed by atoms with Crippen LogP contribution in [0.15, 0.2) is 30.3 Å². The van der Waals surface area contributed by atoms with E-state index in [-0.39, 0.29) is 0 Å². The van der Waals surface area contributed by atoms with Crippen molar-refractivity contribution in [3.63, 3.8) is 0 Å². The van der Waals surface area contributed by atoms with Gasteiger partial charge in [0, 0.05) is 24.0 Å². The molecule has 0 aliphatic rings. The summed E-state index contributed by atoms with van der Waals surface area (Å²) in [6.07, 6.45) is 0.432. The van der Waals surface area contributed by atoms with Crippen molar-refractivity contribution in [3.05, 3.63) is 47.4 Å². The number of rotatable bonds is 5. The Labute approximate surface area is 129 Å². The number of benzene rings is 1. The summed E-state index contributed by atoms with van der Waals surface area (Å²) in [6, 6.07) is 9.70. The molecule has 0 radical (unpaired) electrons. The lowest BCUT2D eigenvalue weighted by molar-refractivity contribution is 0.170. The fourth-order valence-corrected chi connectivity index (χ4v) is 1.97. The lowest BCUT2D eigenvalue weighted by atomic mass is 10.2. The minimum Gasteiger partial charge on any atom is -0.453 e. The van der Waals surface area contributed by atoms with Crippen LogP contribution in [0.3, 0.4) is 0 Å². The average molecular weight is 300 g/mol. The van der Waals surface area contributed by atoms with Crippen molar-refractivity contribution in [2.24, 2.45) is 0 Å². The number of carbonyl (C=O) groups is 1. The molecule has 1 heterocycles. The van der Waals surface area contributed by atoms with Crippen molar-refractivity contribution in [3.8, 4) is 0 Å². The van der Waals surface area contributed by atoms with Gasteiger partial charge in [-0.25, -0.2) is 14.8 Å². The number of aromatic nitrogens is 2. The zero-order valence-corrected chi connectivity index (χ0v) is 13.0. The Hall–Kier alpha value is -2.63. The van der Waals surface area contributed by atoms with Crippen LogP contribution in [0.5, 0.6) is 0 Å². The summed E-state index contributed by atoms with van der Waals surface area (Å²) in [7, 11) is 1.34. The SMILES string of the molecule is CCc1cc(Nc2ccc(CNC(=O)OC)cc2)nc(C)n1. The van der Waals surface area contributed by atoms with Crippen LogP contribution in [0.25, 0.3) is 0 Å². The van der Waals surface area contributed by atoms with E-state index in [0.717, 1.165) is 35.0 Å². The van der Waals surface area contributed by atoms with Gasteiger partial charge in [0.25, 0.3) is 0 Å². The van der Waals surface area contributed by atoms with Gasteiger partial charge in [-0.15, -0.1) is 0 Å². The number of hydrogen-bond acceptors (Lipinski definition) is 5. The smallest absolute Gasteiger partial charge is 0.407 e. The van der Waals surface area contributed by atoms with Gasteiger partial charge < -0.3 is 15.4 Å². The maximum absolute atomic E-state index is 11.0. The molecule has 2 N–H and O–H groups in total. The van der Waals surface area contributed by atoms with E-state index in [1.807, 2.05) is 37.3 Å². The molecule has 116 valence electrons. The predicted molar refractivity (Wildman–Crippen MR) is 85.1 cm³/mol. The highest BCUT2D eigenvalue weighted by molar-refractivity contribution is 5.67. The van der Waals surface area contributed by atoms with Crippen LogP contribution >= 0.6 is 0 Å². The van der Waals surface area contributed by atoms with Gasteiger partial charge in [0.2, 0.25) is 0 Å². The quantitative estimate of drug-likeness (QED) is 0.888. The minimum atomic E-state index is -0.439. The van der Waals surface area contributed by atoms with Crippen LogP contribution in [-0.2, 0) is 17.7 Å². The van der Waals surface area contributed by atoms with Gasteiger partial charge in [-0.05, 0) is 31.0 Å². The third kappa shape index (κ3) is 4.44. The molecule has 1 aromatic carbocycles. The number of amides is 1. The molecular weight excluding hydrogens is 280 g/mol. The number of anilines is 2. The van der Waals surface area contributed by atoms with Crippen LogP contribution in [0.1, 0.15) is 24.0 Å². The Bertz CT molecular complexity index is 641. The van der Waals surface area contributed by atoms with Gasteiger partial charge in [0.1, 0.15) is 11.6 Å². The highest BCUT2D eigenvalue weighted by Gasteiger charge is 2.02. The monoisotopic (exact) mass is 300 g/mol. The van der Waals surface area contributed by atoms with E-state index in [0.29, 0.717) is 6.54 Å². The molecule has 1 amide bonds. The van der Waals surface area contributed by atoms with E-state index in [1.165, 1.54) is 7.11 Å². The van der Waals surface area contributed by atoms with Crippen molar-refractivity contribution < 1.29 is 9.53 Å². The van der Waals surface area contributed by atoms with Crippen LogP contribution in [-0.4, -0.2) is 23.2 Å². The summed E-state index contributed by atoms with van der Waals surface area (Å²) >= 11 is 0. The topological polar surface area (TPSA) is 76.1 Å². The zero-order valence-electron chi connectivity index (χ0n) is 13.0. The highest BCUT2D eigenvalue weighted by atomic mass is 16.5. The normalized spacial score (nSPS) is 10.1. The number of hydrogen-bond donors (Lipinski definition) is 2. The largest absolute Gasteiger partial charge is 0.453 e. The Kier molecular flexibility index (Phi) is 5.30. The molecule has 2 aromatic rings. The maximum Gasteiger partial charge on any atom is 0.407 e. The number of ether oxygens (including phenoxy) is 1. The molecule has 0 saturated heterocycles. The van der Waals surface area contributed by atoms with Crippen molar-refractivity contribution in [2.75, 3.05) is 12.4 Å². The fourth-order valence-electron chi connectivity index (χ4n) is 1.97. The zero-order chi connectivity index (χ0) is 15.9. The summed E-state index contributed by atoms with van der Waals surface area (Å²) in [5.74, 6) is 1.53. The fraction of sp³-hybridized carbons (Fsp3) is 0.312. The van der Waals surface area contributed by atoms with Crippen LogP contribution < -0.4 is 10.6 Å². The number of carbonyl (C=O) groups excluding carboxylic acids is 1. The molecule has 22 heavy (non-hydrogen) atoms. The number of nitrogens with zero attached hydrogens (tertiary/aromatic N) is 2. The Morgan fingerprint density at radius 3 is 2.59 bits per heavy atom. The Balaban J connectivity index is 2.02. The molecule has 0 unspecified atom stereocenters. The summed E-state index contributed by atoms with van der Waals surface area (Å²) in [5.41, 5.74) is 2.93. The maximum atomic E-state index is 11.0. The van der Waals surface area contributed by atoms with Gasteiger partial charge >= 0.3 is 6.09 Å². The number of methoxy groups -OCH3 is 1. The van der Waals surface area contributed by atoms with Crippen molar-refractivity contribution in [2.45, 2.75) is 26.8 Å². The van der Waals surface area contributed by atoms with E-state index >= 15 is 0 Å². The lowest BCUT2D eigenvalue weighted by Crippen LogP contribution is -2.22. The van der Waals surface area contributed by atoms with Gasteiger partial charge in [0.05, 0.1) is 7.11 Å². The first kappa shape index (κ1) is 15.8. The minimum absolute atomic E-state index is 0.430. The predicted octanol–water partition coefficient (Wildman–Crippen LogP) is 2.95. The molecule has 2 rings (SSSR count). The van der Waals surface area contributed by atoms with E-state index in [9.17, 15) is 4.79 Å². The van der Waals surface area contributed by atoms with Gasteiger partial charge in [0.15, 0.2) is 0 Å². The third-order valence-corrected chi connectivity index (χ3v) is 3.10. The van der Waals surface area contributed by atoms with Gasteiger partial charge in [-0.2, -0.15) is 0 Å². The first-order valence-electron chi connectivity index (χ1n) is 7.13. The molecule has 0 fully saturated rings. The third-order valence-electron chi connectivity index (χ3n) is 3.10. The second-order valence-corrected chi connectivity index (χ2v) is 4.81. The average Bonchev–Trinajstić information content (AvgIpc) is 2.53. The van der Waals surface area contributed by atoms with Crippen molar-refractivity contribution in [1.82, 2.24) is 15.3 Å². The van der Waals surface area contributed by atoms with Crippen molar-refractivity contribution in [1.29, 1.82) is 0 Å². The Morgan fingerprint density at radius 2 is 1.95 bits per heavy atom. The van der Waals surface area contributed by atoms with E-state index in [4.69, 9.17) is 0 Å². The second-order valence-electron chi connectivity index (χ2n) is 4.81. The molecule has 0 spiro atoms. The summed E-state index contributed by atoms with van der Waals surface area (Å²) < 4.78 is 4.53. The first-order valence-corrected chi connectivity index (χ1v) is 7.13. The van der Waals surface area contributed by atoms with E-state index in [2.05, 4.69) is 32.3 Å². The van der Waals surface area contributed by atoms with E-state index in [1.54, 1.807) is 0 Å². The molecule has 0 saturated carbocycles. The number of nitrogens with one attached hydrogen (secondary N) is 2. The number of alkyl carbamates (subject to hydrolysis) is 1. The van der Waals surface area contributed by atoms with Crippen molar-refractivity contribution >= 4 is 17.6 Å². The standard InChI is InChI=1S/C16H20N4O2/c1-4-13-9-15(19-11(2)18-13)20-14-7-5-12(6-8-14)10-17-16(21)22-3/h5-9H,4,10H2,1-3H3,(H,17,21)(H,18,19,20). The van der Waals surface area contributed by atoms with Gasteiger partial charge in [-0.3, -0.25) is 0 Å². The Morgan fingerprint density at radius 1 is 1.23 bits per heavy atom. The molecule has 0 aliphatic heterocycles. The molecule has 6 heteroatoms. The number of aryl methyl sites for hydroxylation is 2. The lowest BCUT2D eigenvalue weighted by Gasteiger charge is -2.09. The van der Waals surface area contributed by atoms with Crippen LogP contribution in [0.2, 0.25) is 0 Å². The second kappa shape index (κ2) is 7.40. The van der Waals surface area contributed by atoms with Crippen LogP contribution in [0, 0.1) is 6.92 Å². The van der Waals surface area contributed by atoms with Crippen LogP contribution in [0.4, 0.5) is 16.3 Å². The molecule has 1 aromatic heterocycles.